The fourth-order valence-electron chi connectivity index (χ4n) is 2.63. The largest absolute Gasteiger partial charge is 0.397 e. The summed E-state index contributed by atoms with van der Waals surface area (Å²) >= 11 is 0. The van der Waals surface area contributed by atoms with Crippen LogP contribution in [0.4, 0.5) is 5.69 Å². The molecule has 4 nitrogen and oxygen atoms in total. The van der Waals surface area contributed by atoms with Crippen LogP contribution in [0.3, 0.4) is 0 Å². The monoisotopic (exact) mass is 230 g/mol. The zero-order valence-electron chi connectivity index (χ0n) is 10.1. The fraction of sp³-hybridized carbons (Fsp3) is 0.462. The number of pyridine rings is 1. The molecule has 0 spiro atoms. The van der Waals surface area contributed by atoms with E-state index in [-0.39, 0.29) is 0 Å². The van der Waals surface area contributed by atoms with Gasteiger partial charge in [-0.25, -0.2) is 4.98 Å². The molecule has 0 aliphatic carbocycles. The number of likely N-dealkylation sites (tertiary alicyclic amines) is 1. The van der Waals surface area contributed by atoms with Crippen LogP contribution < -0.4 is 5.73 Å². The second-order valence-electron chi connectivity index (χ2n) is 4.91. The third-order valence-corrected chi connectivity index (χ3v) is 3.72. The molecule has 0 atom stereocenters. The predicted molar refractivity (Wildman–Crippen MR) is 69.1 cm³/mol. The maximum absolute atomic E-state index is 5.95. The number of nitrogens with zero attached hydrogens (tertiary/aromatic N) is 3. The number of rotatable bonds is 1. The van der Waals surface area contributed by atoms with Crippen LogP contribution in [-0.4, -0.2) is 34.4 Å². The lowest BCUT2D eigenvalue weighted by Gasteiger charge is -2.28. The van der Waals surface area contributed by atoms with E-state index in [1.165, 1.54) is 18.7 Å². The van der Waals surface area contributed by atoms with Crippen LogP contribution in [0, 0.1) is 0 Å². The van der Waals surface area contributed by atoms with Gasteiger partial charge in [-0.3, -0.25) is 0 Å². The molecular weight excluding hydrogens is 212 g/mol. The van der Waals surface area contributed by atoms with Crippen molar-refractivity contribution in [2.24, 2.45) is 0 Å². The number of nitrogens with two attached hydrogens (primary N) is 1. The summed E-state index contributed by atoms with van der Waals surface area (Å²) in [5, 5.41) is 0. The minimum Gasteiger partial charge on any atom is -0.397 e. The first kappa shape index (κ1) is 10.6. The highest BCUT2D eigenvalue weighted by molar-refractivity contribution is 5.68. The van der Waals surface area contributed by atoms with E-state index >= 15 is 0 Å². The Labute approximate surface area is 101 Å². The molecular formula is C13H18N4. The number of aromatic nitrogens is 2. The number of imidazole rings is 1. The smallest absolute Gasteiger partial charge is 0.116 e. The average molecular weight is 230 g/mol. The lowest BCUT2D eigenvalue weighted by molar-refractivity contribution is 0.251. The summed E-state index contributed by atoms with van der Waals surface area (Å²) in [4.78, 5) is 6.94. The van der Waals surface area contributed by atoms with Crippen molar-refractivity contribution >= 4 is 11.2 Å². The van der Waals surface area contributed by atoms with E-state index in [9.17, 15) is 0 Å². The maximum atomic E-state index is 5.95. The van der Waals surface area contributed by atoms with Crippen LogP contribution in [0.1, 0.15) is 24.6 Å². The minimum atomic E-state index is 0.565. The first-order valence-electron chi connectivity index (χ1n) is 6.15. The molecule has 3 rings (SSSR count). The molecule has 4 heteroatoms. The van der Waals surface area contributed by atoms with Crippen molar-refractivity contribution in [2.45, 2.75) is 18.8 Å². The van der Waals surface area contributed by atoms with Gasteiger partial charge < -0.3 is 15.0 Å². The first-order chi connectivity index (χ1) is 8.25. The predicted octanol–water partition coefficient (Wildman–Crippen LogP) is 1.73. The lowest BCUT2D eigenvalue weighted by atomic mass is 9.96. The molecule has 0 amide bonds. The Morgan fingerprint density at radius 1 is 1.35 bits per heavy atom. The van der Waals surface area contributed by atoms with Crippen LogP contribution >= 0.6 is 0 Å². The molecule has 0 radical (unpaired) electrons. The van der Waals surface area contributed by atoms with Crippen LogP contribution in [0.15, 0.2) is 24.5 Å². The number of hydrogen-bond donors (Lipinski definition) is 1. The van der Waals surface area contributed by atoms with Crippen LogP contribution in [0.25, 0.3) is 5.52 Å². The molecule has 0 aromatic carbocycles. The van der Waals surface area contributed by atoms with Crippen molar-refractivity contribution in [3.63, 3.8) is 0 Å². The first-order valence-corrected chi connectivity index (χ1v) is 6.15. The Bertz CT molecular complexity index is 523. The molecule has 1 saturated heterocycles. The van der Waals surface area contributed by atoms with Crippen molar-refractivity contribution in [1.82, 2.24) is 14.3 Å². The van der Waals surface area contributed by atoms with Gasteiger partial charge in [-0.2, -0.15) is 0 Å². The molecule has 0 saturated carbocycles. The highest BCUT2D eigenvalue weighted by Crippen LogP contribution is 2.28. The van der Waals surface area contributed by atoms with E-state index in [0.29, 0.717) is 5.92 Å². The second kappa shape index (κ2) is 4.04. The van der Waals surface area contributed by atoms with Gasteiger partial charge in [-0.05, 0) is 45.1 Å². The van der Waals surface area contributed by atoms with Crippen molar-refractivity contribution in [3.05, 3.63) is 30.4 Å². The van der Waals surface area contributed by atoms with Crippen molar-refractivity contribution < 1.29 is 0 Å². The molecule has 1 fully saturated rings. The topological polar surface area (TPSA) is 46.6 Å². The van der Waals surface area contributed by atoms with E-state index in [1.54, 1.807) is 0 Å². The molecule has 1 aliphatic rings. The summed E-state index contributed by atoms with van der Waals surface area (Å²) in [5.74, 6) is 1.73. The number of fused-ring (bicyclic) bond motifs is 1. The number of hydrogen-bond acceptors (Lipinski definition) is 3. The van der Waals surface area contributed by atoms with Gasteiger partial charge in [0.2, 0.25) is 0 Å². The van der Waals surface area contributed by atoms with Crippen molar-refractivity contribution in [2.75, 3.05) is 25.9 Å². The molecule has 17 heavy (non-hydrogen) atoms. The summed E-state index contributed by atoms with van der Waals surface area (Å²) in [6, 6.07) is 3.91. The average Bonchev–Trinajstić information content (AvgIpc) is 2.75. The van der Waals surface area contributed by atoms with Crippen molar-refractivity contribution in [3.8, 4) is 0 Å². The van der Waals surface area contributed by atoms with E-state index in [4.69, 9.17) is 5.73 Å². The minimum absolute atomic E-state index is 0.565. The Hall–Kier alpha value is -1.55. The molecule has 2 N–H and O–H groups in total. The Balaban J connectivity index is 1.98. The van der Waals surface area contributed by atoms with E-state index < -0.39 is 0 Å². The third kappa shape index (κ3) is 1.78. The molecule has 1 aliphatic heterocycles. The van der Waals surface area contributed by atoms with Gasteiger partial charge >= 0.3 is 0 Å². The molecule has 2 aromatic heterocycles. The van der Waals surface area contributed by atoms with E-state index in [2.05, 4.69) is 27.5 Å². The van der Waals surface area contributed by atoms with Crippen LogP contribution in [0.5, 0.6) is 0 Å². The fourth-order valence-corrected chi connectivity index (χ4v) is 2.63. The van der Waals surface area contributed by atoms with Crippen LogP contribution in [0.2, 0.25) is 0 Å². The number of nitrogen functional groups attached to an aromatic ring is 1. The normalized spacial score (nSPS) is 18.9. The quantitative estimate of drug-likeness (QED) is 0.811. The maximum Gasteiger partial charge on any atom is 0.116 e. The summed E-state index contributed by atoms with van der Waals surface area (Å²) in [6.07, 6.45) is 6.32. The molecule has 90 valence electrons. The summed E-state index contributed by atoms with van der Waals surface area (Å²) in [6.45, 7) is 2.31. The number of piperidine rings is 1. The standard InChI is InChI=1S/C13H18N4/c1-16-7-4-10(5-8-16)13-15-9-12-11(14)3-2-6-17(12)13/h2-3,6,9-10H,4-5,7-8,14H2,1H3. The zero-order valence-corrected chi connectivity index (χ0v) is 10.1. The third-order valence-electron chi connectivity index (χ3n) is 3.72. The van der Waals surface area contributed by atoms with Gasteiger partial charge in [0.05, 0.1) is 17.4 Å². The van der Waals surface area contributed by atoms with E-state index in [0.717, 1.165) is 24.3 Å². The zero-order chi connectivity index (χ0) is 11.8. The van der Waals surface area contributed by atoms with Gasteiger partial charge in [0, 0.05) is 12.1 Å². The second-order valence-corrected chi connectivity index (χ2v) is 4.91. The Kier molecular flexibility index (Phi) is 2.52. The highest BCUT2D eigenvalue weighted by atomic mass is 15.1. The molecule has 0 bridgehead atoms. The lowest BCUT2D eigenvalue weighted by Crippen LogP contribution is -2.29. The Morgan fingerprint density at radius 2 is 2.12 bits per heavy atom. The van der Waals surface area contributed by atoms with Gasteiger partial charge in [0.25, 0.3) is 0 Å². The van der Waals surface area contributed by atoms with Gasteiger partial charge in [-0.1, -0.05) is 0 Å². The van der Waals surface area contributed by atoms with Crippen LogP contribution in [-0.2, 0) is 0 Å². The molecule has 3 heterocycles. The van der Waals surface area contributed by atoms with Gasteiger partial charge in [0.15, 0.2) is 0 Å². The van der Waals surface area contributed by atoms with E-state index in [1.807, 2.05) is 18.3 Å². The summed E-state index contributed by atoms with van der Waals surface area (Å²) in [5.41, 5.74) is 7.79. The number of anilines is 1. The molecule has 2 aromatic rings. The van der Waals surface area contributed by atoms with Crippen molar-refractivity contribution in [1.29, 1.82) is 0 Å². The Morgan fingerprint density at radius 3 is 2.88 bits per heavy atom. The summed E-state index contributed by atoms with van der Waals surface area (Å²) < 4.78 is 2.14. The summed E-state index contributed by atoms with van der Waals surface area (Å²) in [7, 11) is 2.18. The molecule has 0 unspecified atom stereocenters. The van der Waals surface area contributed by atoms with Gasteiger partial charge in [-0.15, -0.1) is 0 Å². The highest BCUT2D eigenvalue weighted by Gasteiger charge is 2.22. The van der Waals surface area contributed by atoms with Gasteiger partial charge in [0.1, 0.15) is 5.82 Å². The SMILES string of the molecule is CN1CCC(c2ncc3c(N)cccn23)CC1.